The Hall–Kier alpha value is -0.690. The minimum Gasteiger partial charge on any atom is -0.390 e. The molecule has 25 nitrogen and oxygen atoms in total. The van der Waals surface area contributed by atoms with Gasteiger partial charge >= 0.3 is 0 Å². The van der Waals surface area contributed by atoms with Gasteiger partial charge in [0.2, 0.25) is 0 Å². The molecule has 0 atom stereocenters. The van der Waals surface area contributed by atoms with Crippen LogP contribution in [0.15, 0.2) is 0 Å². The van der Waals surface area contributed by atoms with E-state index in [-0.39, 0.29) is 6.10 Å². The molecule has 2 aliphatic carbocycles. The van der Waals surface area contributed by atoms with Gasteiger partial charge in [0.05, 0.1) is 104 Å². The number of hydrogen-bond donors (Lipinski definition) is 1. The lowest BCUT2D eigenvalue weighted by atomic mass is 9.58. The SMILES string of the molecule is CC(C)C1CC1.CC(C)C1CC2(COC2)C1.CC(C)C1CCOCC1.CC(C)C1COC1.CC(C)N(C)C.CC(C)N1CC(F)C1.CC(C)N1CC(O)C1.CC(C)N1CC2(COC2)C1.CC(C)N1CCC1.CC(C)N1CCCC1.CC(C)N1CCOC1.CC(C)N1CCOCC1.CC(C)N1CCS(=O)(=O)CC1.CC(C)N1CCSCC1.CCCCN(CCOC)C(C)C.COCCN(C)C(C)C.CON(C)C(C)C. The first-order valence-electron chi connectivity index (χ1n) is 58.1. The van der Waals surface area contributed by atoms with Gasteiger partial charge in [0, 0.05) is 239 Å². The third-order valence-corrected chi connectivity index (χ3v) is 33.3. The van der Waals surface area contributed by atoms with Gasteiger partial charge in [-0.1, -0.05) is 68.7 Å². The van der Waals surface area contributed by atoms with Gasteiger partial charge in [0.25, 0.3) is 0 Å². The van der Waals surface area contributed by atoms with Gasteiger partial charge in [-0.3, -0.25) is 39.2 Å². The Morgan fingerprint density at radius 3 is 0.979 bits per heavy atom. The van der Waals surface area contributed by atoms with Crippen molar-refractivity contribution >= 4 is 21.6 Å². The summed E-state index contributed by atoms with van der Waals surface area (Å²) < 4.78 is 75.0. The summed E-state index contributed by atoms with van der Waals surface area (Å²) in [6.07, 6.45) is 14.6. The average molecular weight is 2100 g/mol. The smallest absolute Gasteiger partial charge is 0.152 e. The van der Waals surface area contributed by atoms with Crippen LogP contribution in [0.3, 0.4) is 0 Å². The van der Waals surface area contributed by atoms with Crippen LogP contribution in [0.1, 0.15) is 313 Å². The van der Waals surface area contributed by atoms with Crippen molar-refractivity contribution in [2.45, 2.75) is 404 Å². The van der Waals surface area contributed by atoms with E-state index in [1.54, 1.807) is 26.4 Å². The Balaban J connectivity index is 0. The standard InChI is InChI=1S/C10H23NO.C9H16O.C8H15NO.C8H16O.C7H15NO2S.C7H15NO.C7H17NO.C7H15NS.C7H15N.C6H12FN.2C6H13NO.C6H13N.C6H12O.C6H12.C5H13NO.C5H13N/c1-5-6-7-11(10(2)3)8-9-12-4;1-7(2)8-3-9(4-8)5-10-6-9;1-7(2)9-3-8(4-9)5-10-6-8;1-7(2)8-3-5-9-6-4-8;1-7(2)8-3-5-11(9,10)6-4-8;1-7(2)8-3-5-9-6-4-8;1-7(2)8(3)5-6-9-4;1-7(2)8-3-5-9-6-4-8;1-7(2)8-5-3-4-6-8;1-5(2)8-3-6(7)4-8;1-5(2)7-3-6(8)4-7;1-6(2)7-3-4-8-5-7;1-6(2)7-4-3-5-7;1-5(2)6-3-7-4-6;1-5(2)6-3-4-6;1-5(2)6(3)7-4;1-5(2)6(3)4/h10H,5-9H2,1-4H3;7-8H,3-6H2,1-2H3;7H,3-6H2,1-2H3;7-8H,3-6H2,1-2H3;7H,3-6H2,1-2H3;7H,3-6H2,1-2H3;7H,5-6H2,1-4H3;7H,3-6H2,1-2H3;7H,3-6H2,1-2H3;5-6H,3-4H2,1-2H3;5-6,8H,3-4H2,1-2H3;6H,3-5H2,1-2H3;6H,3-5H2,1-2H3;5-6H,3-4H2,1-2H3;5-6H,3-4H2,1-2H3;5H,1-4H3;5H,1-4H3. The Morgan fingerprint density at radius 2 is 0.750 bits per heavy atom. The minimum absolute atomic E-state index is 0.0441. The monoisotopic (exact) mass is 2100 g/mol. The normalized spacial score (nSPS) is 21.5. The van der Waals surface area contributed by atoms with Gasteiger partial charge in [-0.05, 0) is 340 Å². The van der Waals surface area contributed by atoms with Crippen molar-refractivity contribution in [1.29, 1.82) is 0 Å². The summed E-state index contributed by atoms with van der Waals surface area (Å²) in [5, 5.41) is 10.6. The molecule has 15 rings (SSSR count). The van der Waals surface area contributed by atoms with Crippen molar-refractivity contribution in [3.8, 4) is 0 Å². The third kappa shape index (κ3) is 70.7. The number of hydroxylamine groups is 2. The van der Waals surface area contributed by atoms with Crippen LogP contribution < -0.4 is 0 Å². The number of thioether (sulfide) groups is 1. The molecule has 2 spiro atoms. The molecule has 868 valence electrons. The zero-order valence-electron chi connectivity index (χ0n) is 103. The van der Waals surface area contributed by atoms with Crippen molar-refractivity contribution in [1.82, 2.24) is 63.9 Å². The predicted octanol–water partition coefficient (Wildman–Crippen LogP) is 19.9. The van der Waals surface area contributed by atoms with E-state index >= 15 is 0 Å². The van der Waals surface area contributed by atoms with E-state index in [2.05, 4.69) is 334 Å². The number of rotatable bonds is 27. The number of likely N-dealkylation sites (N-methyl/N-ethyl adjacent to an activating group) is 1. The Bertz CT molecular complexity index is 2750. The second-order valence-electron chi connectivity index (χ2n) is 48.5. The lowest BCUT2D eigenvalue weighted by Crippen LogP contribution is -2.67. The topological polar surface area (TPSA) is 180 Å². The minimum atomic E-state index is -2.69. The first-order chi connectivity index (χ1) is 67.5. The molecule has 13 saturated heterocycles. The fourth-order valence-corrected chi connectivity index (χ4v) is 18.9. The van der Waals surface area contributed by atoms with Crippen molar-refractivity contribution in [2.24, 2.45) is 58.2 Å². The number of aliphatic hydroxyl groups is 1. The first-order valence-corrected chi connectivity index (χ1v) is 61.1. The number of aliphatic hydroxyl groups excluding tert-OH is 1. The van der Waals surface area contributed by atoms with Crippen LogP contribution in [0.4, 0.5) is 4.39 Å². The zero-order valence-corrected chi connectivity index (χ0v) is 105. The van der Waals surface area contributed by atoms with Crippen LogP contribution in [0, 0.1) is 58.2 Å². The Labute approximate surface area is 898 Å². The predicted molar refractivity (Wildman–Crippen MR) is 619 cm³/mol. The van der Waals surface area contributed by atoms with Crippen molar-refractivity contribution in [3.05, 3.63) is 0 Å². The summed E-state index contributed by atoms with van der Waals surface area (Å²) in [7, 11) is 10.6. The molecule has 15 fully saturated rings. The molecule has 0 bridgehead atoms. The number of morpholine rings is 1. The summed E-state index contributed by atoms with van der Waals surface area (Å²) in [5.74, 6) is 10.8. The molecule has 0 radical (unpaired) electrons. The van der Waals surface area contributed by atoms with Crippen molar-refractivity contribution in [2.75, 3.05) is 296 Å². The summed E-state index contributed by atoms with van der Waals surface area (Å²) >= 11 is 2.07. The highest BCUT2D eigenvalue weighted by Crippen LogP contribution is 2.53. The fraction of sp³-hybridized carbons (Fsp3) is 1.00. The van der Waals surface area contributed by atoms with Gasteiger partial charge in [-0.2, -0.15) is 16.8 Å². The van der Waals surface area contributed by atoms with Crippen molar-refractivity contribution < 1.29 is 60.6 Å². The molecule has 0 amide bonds. The van der Waals surface area contributed by atoms with Crippen LogP contribution in [0.25, 0.3) is 0 Å². The molecule has 0 aromatic rings. The van der Waals surface area contributed by atoms with Gasteiger partial charge in [-0.25, -0.2) is 12.8 Å². The van der Waals surface area contributed by atoms with Gasteiger partial charge < -0.3 is 67.4 Å². The van der Waals surface area contributed by atoms with Crippen LogP contribution in [0.5, 0.6) is 0 Å². The summed E-state index contributed by atoms with van der Waals surface area (Å²) in [4.78, 5) is 33.1. The summed E-state index contributed by atoms with van der Waals surface area (Å²) in [6, 6.07) is 8.43. The first kappa shape index (κ1) is 145. The second-order valence-corrected chi connectivity index (χ2v) is 52.0. The number of β-amino-alcohol motifs (C(OH)–C–C–N with tert-alkyl or cyclic N) is 1. The maximum absolute atomic E-state index is 12.1. The molecule has 13 heterocycles. The number of likely N-dealkylation sites (tertiary alicyclic amines) is 5. The van der Waals surface area contributed by atoms with E-state index in [4.69, 9.17) is 47.8 Å². The lowest BCUT2D eigenvalue weighted by Gasteiger charge is -2.56. The maximum atomic E-state index is 12.1. The highest BCUT2D eigenvalue weighted by molar-refractivity contribution is 7.99. The number of sulfone groups is 1. The number of unbranched alkanes of at least 4 members (excludes halogenated alkanes) is 1. The largest absolute Gasteiger partial charge is 0.390 e. The molecule has 0 aromatic heterocycles. The highest BCUT2D eigenvalue weighted by Gasteiger charge is 2.51. The van der Waals surface area contributed by atoms with Crippen LogP contribution in [-0.4, -0.2) is 464 Å². The second kappa shape index (κ2) is 83.7. The molecule has 1 N–H and O–H groups in total. The number of halogens is 1. The molecular formula is C116H248FN13O12S2. The molecular weight excluding hydrogens is 1850 g/mol. The van der Waals surface area contributed by atoms with E-state index in [9.17, 15) is 12.8 Å². The lowest BCUT2D eigenvalue weighted by molar-refractivity contribution is -0.195. The third-order valence-electron chi connectivity index (χ3n) is 30.7. The highest BCUT2D eigenvalue weighted by atomic mass is 32.2. The summed E-state index contributed by atoms with van der Waals surface area (Å²) in [5.41, 5.74) is 1.28. The van der Waals surface area contributed by atoms with Crippen molar-refractivity contribution in [3.63, 3.8) is 0 Å². The van der Waals surface area contributed by atoms with E-state index in [0.29, 0.717) is 103 Å². The fourth-order valence-electron chi connectivity index (χ4n) is 16.8. The zero-order chi connectivity index (χ0) is 110. The quantitative estimate of drug-likeness (QED) is 0.0767. The van der Waals surface area contributed by atoms with E-state index in [1.165, 1.54) is 141 Å². The van der Waals surface area contributed by atoms with Crippen LogP contribution in [0.2, 0.25) is 0 Å². The molecule has 0 aromatic carbocycles. The van der Waals surface area contributed by atoms with Gasteiger partial charge in [-0.15, -0.1) is 0 Å². The number of nitrogens with zero attached hydrogens (tertiary/aromatic N) is 13. The molecule has 15 aliphatic rings. The van der Waals surface area contributed by atoms with E-state index < -0.39 is 16.0 Å². The number of alkyl halides is 1. The van der Waals surface area contributed by atoms with E-state index in [0.717, 1.165) is 210 Å². The number of hydrogen-bond acceptors (Lipinski definition) is 26. The van der Waals surface area contributed by atoms with Gasteiger partial charge in [0.15, 0.2) is 9.84 Å². The molecule has 13 aliphatic heterocycles. The number of ether oxygens (including phenoxy) is 8. The number of methoxy groups -OCH3 is 2. The van der Waals surface area contributed by atoms with Gasteiger partial charge in [0.1, 0.15) is 6.17 Å². The Morgan fingerprint density at radius 1 is 0.382 bits per heavy atom. The summed E-state index contributed by atoms with van der Waals surface area (Å²) in [6.45, 7) is 112. The van der Waals surface area contributed by atoms with Crippen LogP contribution in [-0.2, 0) is 52.6 Å². The molecule has 28 heteroatoms. The van der Waals surface area contributed by atoms with E-state index in [1.807, 2.05) is 7.05 Å². The van der Waals surface area contributed by atoms with Crippen LogP contribution >= 0.6 is 11.8 Å². The molecule has 0 unspecified atom stereocenters. The molecule has 144 heavy (non-hydrogen) atoms. The Kier molecular flexibility index (Phi) is 84.4. The maximum Gasteiger partial charge on any atom is 0.152 e. The molecule has 2 saturated carbocycles. The average Bonchev–Trinajstić information content (AvgIpc) is 1.23.